The van der Waals surface area contributed by atoms with Crippen molar-refractivity contribution in [1.82, 2.24) is 10.2 Å². The van der Waals surface area contributed by atoms with Crippen LogP contribution in [-0.4, -0.2) is 27.0 Å². The second-order valence-electron chi connectivity index (χ2n) is 3.04. The van der Waals surface area contributed by atoms with Crippen molar-refractivity contribution in [3.05, 3.63) is 22.4 Å². The van der Waals surface area contributed by atoms with Crippen molar-refractivity contribution in [1.29, 1.82) is 0 Å². The quantitative estimate of drug-likeness (QED) is 0.795. The van der Waals surface area contributed by atoms with Crippen LogP contribution in [-0.2, 0) is 11.3 Å². The summed E-state index contributed by atoms with van der Waals surface area (Å²) in [7, 11) is 0. The summed E-state index contributed by atoms with van der Waals surface area (Å²) >= 11 is 4.20. The second kappa shape index (κ2) is 5.99. The topological polar surface area (TPSA) is 75.1 Å². The van der Waals surface area contributed by atoms with Crippen LogP contribution in [0.4, 0.5) is 5.13 Å². The van der Waals surface area contributed by atoms with E-state index in [0.717, 1.165) is 0 Å². The number of aromatic nitrogens is 2. The molecule has 8 heteroatoms. The third-order valence-electron chi connectivity index (χ3n) is 1.75. The van der Waals surface area contributed by atoms with E-state index in [1.165, 1.54) is 28.7 Å². The van der Waals surface area contributed by atoms with Crippen LogP contribution in [0, 0.1) is 0 Å². The van der Waals surface area contributed by atoms with Crippen LogP contribution >= 0.6 is 34.4 Å². The van der Waals surface area contributed by atoms with Crippen LogP contribution in [0.15, 0.2) is 21.2 Å². The predicted molar refractivity (Wildman–Crippen MR) is 69.9 cm³/mol. The Morgan fingerprint density at radius 3 is 3.12 bits per heavy atom. The van der Waals surface area contributed by atoms with Crippen LogP contribution in [0.1, 0.15) is 5.56 Å². The Morgan fingerprint density at radius 1 is 1.53 bits per heavy atom. The number of nitrogens with zero attached hydrogens (tertiary/aromatic N) is 2. The fraction of sp³-hybridized carbons (Fsp3) is 0.222. The number of rotatable bonds is 6. The molecule has 2 rings (SSSR count). The Kier molecular flexibility index (Phi) is 4.35. The molecule has 0 amide bonds. The Bertz CT molecular complexity index is 483. The number of thiophene rings is 1. The van der Waals surface area contributed by atoms with Gasteiger partial charge in [-0.3, -0.25) is 4.79 Å². The molecule has 2 N–H and O–H groups in total. The lowest BCUT2D eigenvalue weighted by Crippen LogP contribution is -1.96. The van der Waals surface area contributed by atoms with Crippen molar-refractivity contribution in [3.63, 3.8) is 0 Å². The molecule has 5 nitrogen and oxygen atoms in total. The Labute approximate surface area is 110 Å². The molecule has 0 spiro atoms. The van der Waals surface area contributed by atoms with Gasteiger partial charge < -0.3 is 10.4 Å². The first-order valence-corrected chi connectivity index (χ1v) is 7.41. The second-order valence-corrected chi connectivity index (χ2v) is 6.02. The number of aliphatic carboxylic acids is 1. The largest absolute Gasteiger partial charge is 0.481 e. The molecule has 2 aromatic rings. The van der Waals surface area contributed by atoms with E-state index in [0.29, 0.717) is 16.0 Å². The highest BCUT2D eigenvalue weighted by molar-refractivity contribution is 8.01. The van der Waals surface area contributed by atoms with Gasteiger partial charge in [-0.2, -0.15) is 11.3 Å². The summed E-state index contributed by atoms with van der Waals surface area (Å²) in [6.45, 7) is 0.710. The van der Waals surface area contributed by atoms with Crippen molar-refractivity contribution in [2.75, 3.05) is 11.1 Å². The molecule has 0 aromatic carbocycles. The highest BCUT2D eigenvalue weighted by Gasteiger charge is 2.06. The first-order valence-electron chi connectivity index (χ1n) is 4.67. The van der Waals surface area contributed by atoms with Crippen molar-refractivity contribution in [2.24, 2.45) is 0 Å². The minimum absolute atomic E-state index is 0.0131. The molecule has 0 atom stereocenters. The Hall–Kier alpha value is -1.12. The summed E-state index contributed by atoms with van der Waals surface area (Å²) in [6.07, 6.45) is 0. The van der Waals surface area contributed by atoms with E-state index in [4.69, 9.17) is 5.11 Å². The minimum atomic E-state index is -0.849. The third-order valence-corrected chi connectivity index (χ3v) is 4.48. The molecular weight excluding hydrogens is 278 g/mol. The van der Waals surface area contributed by atoms with E-state index >= 15 is 0 Å². The van der Waals surface area contributed by atoms with E-state index < -0.39 is 5.97 Å². The molecule has 0 unspecified atom stereocenters. The number of hydrogen-bond acceptors (Lipinski definition) is 7. The highest BCUT2D eigenvalue weighted by atomic mass is 32.2. The molecule has 0 bridgehead atoms. The summed E-state index contributed by atoms with van der Waals surface area (Å²) in [4.78, 5) is 10.4. The molecule has 90 valence electrons. The Balaban J connectivity index is 1.83. The number of thioether (sulfide) groups is 1. The lowest BCUT2D eigenvalue weighted by Gasteiger charge is -1.97. The van der Waals surface area contributed by atoms with Gasteiger partial charge in [0.2, 0.25) is 5.13 Å². The van der Waals surface area contributed by atoms with Gasteiger partial charge in [0.15, 0.2) is 4.34 Å². The number of hydrogen-bond donors (Lipinski definition) is 2. The van der Waals surface area contributed by atoms with Crippen LogP contribution < -0.4 is 5.32 Å². The zero-order valence-electron chi connectivity index (χ0n) is 8.62. The van der Waals surface area contributed by atoms with Crippen molar-refractivity contribution in [3.8, 4) is 0 Å². The van der Waals surface area contributed by atoms with Crippen molar-refractivity contribution >= 4 is 45.5 Å². The van der Waals surface area contributed by atoms with E-state index in [1.54, 1.807) is 11.3 Å². The SMILES string of the molecule is O=C(O)CSc1nnc(NCc2ccsc2)s1. The molecule has 0 aliphatic carbocycles. The molecule has 0 saturated carbocycles. The Morgan fingerprint density at radius 2 is 2.41 bits per heavy atom. The fourth-order valence-corrected chi connectivity index (χ4v) is 3.17. The van der Waals surface area contributed by atoms with Gasteiger partial charge in [0, 0.05) is 6.54 Å². The number of carboxylic acid groups (broad SMARTS) is 1. The van der Waals surface area contributed by atoms with Gasteiger partial charge in [0.25, 0.3) is 0 Å². The first-order chi connectivity index (χ1) is 8.24. The lowest BCUT2D eigenvalue weighted by molar-refractivity contribution is -0.133. The number of carbonyl (C=O) groups is 1. The predicted octanol–water partition coefficient (Wildman–Crippen LogP) is 2.39. The molecule has 17 heavy (non-hydrogen) atoms. The van der Waals surface area contributed by atoms with Gasteiger partial charge in [-0.1, -0.05) is 23.1 Å². The van der Waals surface area contributed by atoms with Crippen LogP contribution in [0.3, 0.4) is 0 Å². The van der Waals surface area contributed by atoms with Gasteiger partial charge >= 0.3 is 5.97 Å². The zero-order chi connectivity index (χ0) is 12.1. The molecule has 0 fully saturated rings. The molecular formula is C9H9N3O2S3. The van der Waals surface area contributed by atoms with Crippen LogP contribution in [0.2, 0.25) is 0 Å². The standard InChI is InChI=1S/C9H9N3O2S3/c13-7(14)5-16-9-12-11-8(17-9)10-3-6-1-2-15-4-6/h1-2,4H,3,5H2,(H,10,11)(H,13,14). The molecule has 0 aliphatic heterocycles. The van der Waals surface area contributed by atoms with E-state index in [2.05, 4.69) is 20.9 Å². The van der Waals surface area contributed by atoms with Gasteiger partial charge in [-0.15, -0.1) is 10.2 Å². The van der Waals surface area contributed by atoms with E-state index in [9.17, 15) is 4.79 Å². The molecule has 0 saturated heterocycles. The normalized spacial score (nSPS) is 10.4. The average molecular weight is 287 g/mol. The first kappa shape index (κ1) is 12.3. The maximum Gasteiger partial charge on any atom is 0.313 e. The smallest absolute Gasteiger partial charge is 0.313 e. The molecule has 0 radical (unpaired) electrons. The zero-order valence-corrected chi connectivity index (χ0v) is 11.1. The number of nitrogens with one attached hydrogen (secondary N) is 1. The average Bonchev–Trinajstić information content (AvgIpc) is 2.95. The van der Waals surface area contributed by atoms with Gasteiger partial charge in [0.05, 0.1) is 5.75 Å². The fourth-order valence-electron chi connectivity index (χ4n) is 1.03. The van der Waals surface area contributed by atoms with Crippen molar-refractivity contribution in [2.45, 2.75) is 10.9 Å². The molecule has 2 aromatic heterocycles. The van der Waals surface area contributed by atoms with E-state index in [-0.39, 0.29) is 5.75 Å². The maximum absolute atomic E-state index is 10.4. The monoisotopic (exact) mass is 287 g/mol. The third kappa shape index (κ3) is 3.99. The number of anilines is 1. The minimum Gasteiger partial charge on any atom is -0.481 e. The maximum atomic E-state index is 10.4. The summed E-state index contributed by atoms with van der Waals surface area (Å²) in [5, 5.41) is 24.3. The van der Waals surface area contributed by atoms with Crippen LogP contribution in [0.5, 0.6) is 0 Å². The van der Waals surface area contributed by atoms with Gasteiger partial charge in [-0.05, 0) is 22.4 Å². The highest BCUT2D eigenvalue weighted by Crippen LogP contribution is 2.25. The van der Waals surface area contributed by atoms with Gasteiger partial charge in [-0.25, -0.2) is 0 Å². The summed E-state index contributed by atoms with van der Waals surface area (Å²) in [5.41, 5.74) is 1.20. The number of carboxylic acids is 1. The van der Waals surface area contributed by atoms with Crippen LogP contribution in [0.25, 0.3) is 0 Å². The summed E-state index contributed by atoms with van der Waals surface area (Å²) in [5.74, 6) is -0.836. The lowest BCUT2D eigenvalue weighted by atomic mass is 10.3. The van der Waals surface area contributed by atoms with Crippen molar-refractivity contribution < 1.29 is 9.90 Å². The van der Waals surface area contributed by atoms with Gasteiger partial charge in [0.1, 0.15) is 0 Å². The molecule has 2 heterocycles. The molecule has 0 aliphatic rings. The summed E-state index contributed by atoms with van der Waals surface area (Å²) < 4.78 is 0.667. The van der Waals surface area contributed by atoms with E-state index in [1.807, 2.05) is 11.4 Å². The summed E-state index contributed by atoms with van der Waals surface area (Å²) in [6, 6.07) is 2.04.